The molecule has 1 atom stereocenters. The molecule has 1 heterocycles. The molecule has 4 aromatic carbocycles. The van der Waals surface area contributed by atoms with Crippen molar-refractivity contribution >= 4 is 23.5 Å². The minimum absolute atomic E-state index is 0.000104. The average Bonchev–Trinajstić information content (AvgIpc) is 3.48. The van der Waals surface area contributed by atoms with Gasteiger partial charge in [0.2, 0.25) is 5.78 Å². The van der Waals surface area contributed by atoms with Crippen LogP contribution in [-0.2, 0) is 24.3 Å². The van der Waals surface area contributed by atoms with Gasteiger partial charge in [-0.25, -0.2) is 4.79 Å². The van der Waals surface area contributed by atoms with Gasteiger partial charge in [0.1, 0.15) is 6.04 Å². The summed E-state index contributed by atoms with van der Waals surface area (Å²) in [6.45, 7) is 3.01. The first-order valence-corrected chi connectivity index (χ1v) is 14.1. The van der Waals surface area contributed by atoms with Crippen LogP contribution in [0.3, 0.4) is 0 Å². The first kappa shape index (κ1) is 28.4. The molecule has 0 radical (unpaired) electrons. The Labute approximate surface area is 247 Å². The van der Waals surface area contributed by atoms with Crippen LogP contribution in [0.4, 0.5) is 5.69 Å². The maximum atomic E-state index is 13.1. The lowest BCUT2D eigenvalue weighted by atomic mass is 10.0. The average molecular weight is 555 g/mol. The molecule has 5 nitrogen and oxygen atoms in total. The van der Waals surface area contributed by atoms with Crippen molar-refractivity contribution in [3.63, 3.8) is 0 Å². The molecule has 5 aromatic rings. The SMILES string of the molecule is Cc1ccc(C(=O)c2cccn2C/C=C/c2cccc(CN(c3ccccc3)[C@@H](Cc3ccccc3)C(=O)O)c2)cc1. The maximum absolute atomic E-state index is 13.1. The van der Waals surface area contributed by atoms with Crippen molar-refractivity contribution < 1.29 is 14.7 Å². The van der Waals surface area contributed by atoms with Crippen molar-refractivity contribution in [3.05, 3.63) is 167 Å². The molecule has 0 bridgehead atoms. The highest BCUT2D eigenvalue weighted by molar-refractivity contribution is 6.08. The van der Waals surface area contributed by atoms with E-state index in [4.69, 9.17) is 0 Å². The van der Waals surface area contributed by atoms with E-state index < -0.39 is 12.0 Å². The van der Waals surface area contributed by atoms with Crippen LogP contribution in [0.15, 0.2) is 134 Å². The zero-order chi connectivity index (χ0) is 29.3. The molecule has 0 saturated carbocycles. The fraction of sp³-hybridized carbons (Fsp3) is 0.135. The monoisotopic (exact) mass is 554 g/mol. The van der Waals surface area contributed by atoms with Gasteiger partial charge in [-0.05, 0) is 53.9 Å². The van der Waals surface area contributed by atoms with E-state index in [1.165, 1.54) is 0 Å². The first-order valence-electron chi connectivity index (χ1n) is 14.1. The first-order chi connectivity index (χ1) is 20.5. The summed E-state index contributed by atoms with van der Waals surface area (Å²) in [5, 5.41) is 10.3. The van der Waals surface area contributed by atoms with E-state index in [9.17, 15) is 14.7 Å². The number of para-hydroxylation sites is 1. The van der Waals surface area contributed by atoms with Crippen molar-refractivity contribution in [2.45, 2.75) is 32.5 Å². The standard InChI is InChI=1S/C37H34N2O3/c1-28-19-21-32(22-20-28)36(40)34-18-10-24-38(34)23-9-15-29-13-8-14-31(25-29)27-39(33-16-6-3-7-17-33)35(37(41)42)26-30-11-4-2-5-12-30/h2-22,24-25,35H,23,26-27H2,1H3,(H,41,42)/b15-9+/t35-/m0/s1. The summed E-state index contributed by atoms with van der Waals surface area (Å²) < 4.78 is 1.95. The Morgan fingerprint density at radius 3 is 2.21 bits per heavy atom. The predicted octanol–water partition coefficient (Wildman–Crippen LogP) is 7.44. The van der Waals surface area contributed by atoms with Gasteiger partial charge in [-0.2, -0.15) is 0 Å². The molecule has 0 unspecified atom stereocenters. The van der Waals surface area contributed by atoms with Crippen molar-refractivity contribution in [3.8, 4) is 0 Å². The van der Waals surface area contributed by atoms with Crippen molar-refractivity contribution in [2.75, 3.05) is 4.90 Å². The van der Waals surface area contributed by atoms with Crippen LogP contribution in [0.2, 0.25) is 0 Å². The Hall–Kier alpha value is -5.16. The van der Waals surface area contributed by atoms with Crippen LogP contribution in [0.25, 0.3) is 6.08 Å². The molecule has 42 heavy (non-hydrogen) atoms. The second kappa shape index (κ2) is 13.5. The molecule has 5 rings (SSSR count). The molecule has 0 amide bonds. The quantitative estimate of drug-likeness (QED) is 0.163. The van der Waals surface area contributed by atoms with Crippen LogP contribution in [0, 0.1) is 6.92 Å². The van der Waals surface area contributed by atoms with Crippen LogP contribution < -0.4 is 4.90 Å². The third-order valence-electron chi connectivity index (χ3n) is 7.31. The number of carboxylic acids is 1. The Bertz CT molecular complexity index is 1650. The van der Waals surface area contributed by atoms with Gasteiger partial charge < -0.3 is 14.6 Å². The minimum Gasteiger partial charge on any atom is -0.480 e. The number of carbonyl (C=O) groups is 2. The third kappa shape index (κ3) is 7.12. The number of anilines is 1. The Morgan fingerprint density at radius 1 is 0.810 bits per heavy atom. The van der Waals surface area contributed by atoms with Crippen molar-refractivity contribution in [1.29, 1.82) is 0 Å². The summed E-state index contributed by atoms with van der Waals surface area (Å²) in [5.74, 6) is -0.860. The van der Waals surface area contributed by atoms with Gasteiger partial charge in [0.05, 0.1) is 5.69 Å². The fourth-order valence-corrected chi connectivity index (χ4v) is 5.10. The molecule has 0 aliphatic rings. The second-order valence-corrected chi connectivity index (χ2v) is 10.4. The maximum Gasteiger partial charge on any atom is 0.326 e. The summed E-state index contributed by atoms with van der Waals surface area (Å²) in [6, 6.07) is 38.2. The normalized spacial score (nSPS) is 11.8. The number of aliphatic carboxylic acids is 1. The molecule has 1 aromatic heterocycles. The molecule has 0 spiro atoms. The summed E-state index contributed by atoms with van der Waals surface area (Å²) in [5.41, 5.74) is 6.30. The van der Waals surface area contributed by atoms with Crippen LogP contribution in [0.5, 0.6) is 0 Å². The summed E-state index contributed by atoms with van der Waals surface area (Å²) in [4.78, 5) is 27.6. The van der Waals surface area contributed by atoms with E-state index in [0.29, 0.717) is 30.8 Å². The number of ketones is 1. The summed E-state index contributed by atoms with van der Waals surface area (Å²) in [7, 11) is 0. The molecule has 0 fully saturated rings. The van der Waals surface area contributed by atoms with Gasteiger partial charge in [0, 0.05) is 37.0 Å². The molecular formula is C37H34N2O3. The van der Waals surface area contributed by atoms with Crippen LogP contribution >= 0.6 is 0 Å². The number of allylic oxidation sites excluding steroid dienone is 1. The number of hydrogen-bond acceptors (Lipinski definition) is 3. The highest BCUT2D eigenvalue weighted by atomic mass is 16.4. The number of aryl methyl sites for hydroxylation is 1. The van der Waals surface area contributed by atoms with Gasteiger partial charge in [0.25, 0.3) is 0 Å². The molecule has 1 N–H and O–H groups in total. The number of aromatic nitrogens is 1. The van der Waals surface area contributed by atoms with Crippen molar-refractivity contribution in [1.82, 2.24) is 4.57 Å². The van der Waals surface area contributed by atoms with E-state index in [0.717, 1.165) is 27.9 Å². The molecule has 5 heteroatoms. The number of carbonyl (C=O) groups excluding carboxylic acids is 1. The Morgan fingerprint density at radius 2 is 1.50 bits per heavy atom. The van der Waals surface area contributed by atoms with Crippen LogP contribution in [0.1, 0.15) is 38.3 Å². The van der Waals surface area contributed by atoms with Crippen LogP contribution in [-0.4, -0.2) is 27.5 Å². The lowest BCUT2D eigenvalue weighted by Gasteiger charge is -2.31. The molecule has 0 aliphatic carbocycles. The fourth-order valence-electron chi connectivity index (χ4n) is 5.10. The predicted molar refractivity (Wildman–Crippen MR) is 169 cm³/mol. The van der Waals surface area contributed by atoms with Gasteiger partial charge >= 0.3 is 5.97 Å². The van der Waals surface area contributed by atoms with Gasteiger partial charge in [-0.1, -0.05) is 109 Å². The zero-order valence-electron chi connectivity index (χ0n) is 23.6. The molecular weight excluding hydrogens is 520 g/mol. The highest BCUT2D eigenvalue weighted by Gasteiger charge is 2.26. The summed E-state index contributed by atoms with van der Waals surface area (Å²) in [6.07, 6.45) is 6.38. The minimum atomic E-state index is -0.860. The zero-order valence-corrected chi connectivity index (χ0v) is 23.6. The van der Waals surface area contributed by atoms with E-state index >= 15 is 0 Å². The van der Waals surface area contributed by atoms with E-state index in [1.54, 1.807) is 0 Å². The Kier molecular flexibility index (Phi) is 9.10. The third-order valence-corrected chi connectivity index (χ3v) is 7.31. The number of benzene rings is 4. The Balaban J connectivity index is 1.33. The van der Waals surface area contributed by atoms with Crippen molar-refractivity contribution in [2.24, 2.45) is 0 Å². The molecule has 210 valence electrons. The smallest absolute Gasteiger partial charge is 0.326 e. The topological polar surface area (TPSA) is 62.5 Å². The highest BCUT2D eigenvalue weighted by Crippen LogP contribution is 2.23. The van der Waals surface area contributed by atoms with Gasteiger partial charge in [-0.15, -0.1) is 0 Å². The second-order valence-electron chi connectivity index (χ2n) is 10.4. The van der Waals surface area contributed by atoms with E-state index in [1.807, 2.05) is 150 Å². The molecule has 0 aliphatic heterocycles. The lowest BCUT2D eigenvalue weighted by molar-refractivity contribution is -0.138. The largest absolute Gasteiger partial charge is 0.480 e. The number of hydrogen-bond donors (Lipinski definition) is 1. The molecule has 0 saturated heterocycles. The lowest BCUT2D eigenvalue weighted by Crippen LogP contribution is -2.42. The van der Waals surface area contributed by atoms with E-state index in [-0.39, 0.29) is 5.78 Å². The number of carboxylic acid groups (broad SMARTS) is 1. The number of nitrogens with zero attached hydrogens (tertiary/aromatic N) is 2. The van der Waals surface area contributed by atoms with E-state index in [2.05, 4.69) is 6.07 Å². The summed E-state index contributed by atoms with van der Waals surface area (Å²) >= 11 is 0. The number of rotatable bonds is 12. The van der Waals surface area contributed by atoms with Gasteiger partial charge in [-0.3, -0.25) is 4.79 Å². The van der Waals surface area contributed by atoms with Gasteiger partial charge in [0.15, 0.2) is 0 Å².